The number of nitrogens with zero attached hydrogens (tertiary/aromatic N) is 3. The average Bonchev–Trinajstić information content (AvgIpc) is 3.14. The number of piperidine rings is 1. The van der Waals surface area contributed by atoms with E-state index in [0.29, 0.717) is 21.4 Å². The van der Waals surface area contributed by atoms with Gasteiger partial charge >= 0.3 is 0 Å². The molecule has 0 unspecified atom stereocenters. The number of hydrogen-bond donors (Lipinski definition) is 1. The van der Waals surface area contributed by atoms with Crippen LogP contribution in [0, 0.1) is 0 Å². The minimum atomic E-state index is -0.164. The normalized spacial score (nSPS) is 17.5. The quantitative estimate of drug-likeness (QED) is 0.382. The third kappa shape index (κ3) is 5.31. The number of carbonyl (C=O) groups is 1. The van der Waals surface area contributed by atoms with Gasteiger partial charge < -0.3 is 4.74 Å². The molecule has 3 aromatic rings. The fourth-order valence-corrected chi connectivity index (χ4v) is 5.50. The Morgan fingerprint density at radius 3 is 2.47 bits per heavy atom. The van der Waals surface area contributed by atoms with Crippen molar-refractivity contribution in [2.45, 2.75) is 44.9 Å². The summed E-state index contributed by atoms with van der Waals surface area (Å²) in [5, 5.41) is 7.92. The topological polar surface area (TPSA) is 59.4 Å². The van der Waals surface area contributed by atoms with Crippen LogP contribution in [0.3, 0.4) is 0 Å². The number of allylic oxidation sites excluding steroid dienone is 1. The molecule has 1 aliphatic heterocycles. The molecule has 188 valence electrons. The van der Waals surface area contributed by atoms with Crippen LogP contribution in [-0.4, -0.2) is 40.9 Å². The molecule has 1 aliphatic carbocycles. The Kier molecular flexibility index (Phi) is 7.65. The number of benzene rings is 2. The van der Waals surface area contributed by atoms with Gasteiger partial charge in [0, 0.05) is 23.7 Å². The lowest BCUT2D eigenvalue weighted by molar-refractivity contribution is 0.0743. The Balaban J connectivity index is 1.63. The first-order valence-electron chi connectivity index (χ1n) is 12.5. The summed E-state index contributed by atoms with van der Waals surface area (Å²) < 4.78 is 7.15. The highest BCUT2D eigenvalue weighted by molar-refractivity contribution is 6.35. The van der Waals surface area contributed by atoms with Crippen LogP contribution in [-0.2, 0) is 6.42 Å². The highest BCUT2D eigenvalue weighted by Gasteiger charge is 2.29. The van der Waals surface area contributed by atoms with E-state index in [0.717, 1.165) is 79.8 Å². The number of fused-ring (bicyclic) bond motifs is 1. The van der Waals surface area contributed by atoms with Crippen molar-refractivity contribution in [2.75, 3.05) is 20.2 Å². The van der Waals surface area contributed by atoms with Crippen LogP contribution in [0.15, 0.2) is 42.5 Å². The van der Waals surface area contributed by atoms with E-state index in [9.17, 15) is 4.79 Å². The predicted octanol–water partition coefficient (Wildman–Crippen LogP) is 6.59. The molecule has 36 heavy (non-hydrogen) atoms. The van der Waals surface area contributed by atoms with Gasteiger partial charge in [-0.1, -0.05) is 41.8 Å². The number of nitrogens with one attached hydrogen (secondary N) is 1. The van der Waals surface area contributed by atoms with Gasteiger partial charge in [-0.2, -0.15) is 5.10 Å². The van der Waals surface area contributed by atoms with Crippen molar-refractivity contribution < 1.29 is 9.53 Å². The summed E-state index contributed by atoms with van der Waals surface area (Å²) in [6.07, 6.45) is 9.22. The SMILES string of the molecule is COc1ccc(C=C2CCCCc3c(C(=O)NN4CCCCC4)nn(-c4ccc(Cl)cc4Cl)c32)cc1. The van der Waals surface area contributed by atoms with Crippen molar-refractivity contribution in [3.63, 3.8) is 0 Å². The molecule has 1 aromatic heterocycles. The van der Waals surface area contributed by atoms with Crippen LogP contribution < -0.4 is 10.2 Å². The maximum absolute atomic E-state index is 13.5. The van der Waals surface area contributed by atoms with E-state index in [4.69, 9.17) is 33.0 Å². The van der Waals surface area contributed by atoms with E-state index in [1.807, 2.05) is 40.0 Å². The number of halogens is 2. The Labute approximate surface area is 221 Å². The number of aromatic nitrogens is 2. The fraction of sp³-hybridized carbons (Fsp3) is 0.357. The number of rotatable bonds is 5. The predicted molar refractivity (Wildman–Crippen MR) is 145 cm³/mol. The summed E-state index contributed by atoms with van der Waals surface area (Å²) in [6.45, 7) is 1.72. The molecule has 5 rings (SSSR count). The van der Waals surface area contributed by atoms with Crippen LogP contribution >= 0.6 is 23.2 Å². The van der Waals surface area contributed by atoms with Gasteiger partial charge in [-0.05, 0) is 86.1 Å². The van der Waals surface area contributed by atoms with Gasteiger partial charge in [0.25, 0.3) is 5.91 Å². The molecule has 0 bridgehead atoms. The summed E-state index contributed by atoms with van der Waals surface area (Å²) >= 11 is 12.8. The van der Waals surface area contributed by atoms with Crippen molar-refractivity contribution in [1.82, 2.24) is 20.2 Å². The zero-order valence-electron chi connectivity index (χ0n) is 20.4. The number of carbonyl (C=O) groups excluding carboxylic acids is 1. The zero-order valence-corrected chi connectivity index (χ0v) is 21.9. The highest BCUT2D eigenvalue weighted by Crippen LogP contribution is 2.37. The van der Waals surface area contributed by atoms with E-state index in [1.165, 1.54) is 6.42 Å². The molecule has 0 saturated carbocycles. The van der Waals surface area contributed by atoms with E-state index in [2.05, 4.69) is 11.5 Å². The molecule has 1 N–H and O–H groups in total. The maximum atomic E-state index is 13.5. The standard InChI is InChI=1S/C28H30Cl2N4O2/c1-36-22-12-9-19(10-13-22)17-20-7-3-4-8-23-26(28(35)32-33-15-5-2-6-16-33)31-34(27(20)23)25-14-11-21(29)18-24(25)30/h9-14,17-18H,2-8,15-16H2,1H3,(H,32,35). The largest absolute Gasteiger partial charge is 0.497 e. The minimum absolute atomic E-state index is 0.164. The summed E-state index contributed by atoms with van der Waals surface area (Å²) in [7, 11) is 1.66. The van der Waals surface area contributed by atoms with Crippen molar-refractivity contribution in [2.24, 2.45) is 0 Å². The first kappa shape index (κ1) is 24.9. The van der Waals surface area contributed by atoms with Crippen molar-refractivity contribution in [1.29, 1.82) is 0 Å². The molecule has 1 fully saturated rings. The Hall–Kier alpha value is -2.80. The molecule has 0 spiro atoms. The molecule has 0 radical (unpaired) electrons. The summed E-state index contributed by atoms with van der Waals surface area (Å²) in [6, 6.07) is 13.4. The highest BCUT2D eigenvalue weighted by atomic mass is 35.5. The van der Waals surface area contributed by atoms with E-state index in [1.54, 1.807) is 19.2 Å². The van der Waals surface area contributed by atoms with Gasteiger partial charge in [-0.15, -0.1) is 0 Å². The minimum Gasteiger partial charge on any atom is -0.497 e. The van der Waals surface area contributed by atoms with E-state index in [-0.39, 0.29) is 5.91 Å². The number of hydrogen-bond acceptors (Lipinski definition) is 4. The Morgan fingerprint density at radius 1 is 1.00 bits per heavy atom. The van der Waals surface area contributed by atoms with Gasteiger partial charge in [0.1, 0.15) is 5.75 Å². The van der Waals surface area contributed by atoms with Gasteiger partial charge in [-0.25, -0.2) is 9.69 Å². The summed E-state index contributed by atoms with van der Waals surface area (Å²) in [4.78, 5) is 13.5. The van der Waals surface area contributed by atoms with Crippen LogP contribution in [0.4, 0.5) is 0 Å². The van der Waals surface area contributed by atoms with Crippen LogP contribution in [0.25, 0.3) is 17.3 Å². The third-order valence-electron chi connectivity index (χ3n) is 6.84. The lowest BCUT2D eigenvalue weighted by Gasteiger charge is -2.26. The summed E-state index contributed by atoms with van der Waals surface area (Å²) in [5.74, 6) is 0.649. The second kappa shape index (κ2) is 11.1. The van der Waals surface area contributed by atoms with Gasteiger partial charge in [-0.3, -0.25) is 10.2 Å². The maximum Gasteiger partial charge on any atom is 0.286 e. The number of methoxy groups -OCH3 is 1. The number of hydrazine groups is 1. The molecule has 6 nitrogen and oxygen atoms in total. The van der Waals surface area contributed by atoms with Gasteiger partial charge in [0.2, 0.25) is 0 Å². The van der Waals surface area contributed by atoms with Crippen LogP contribution in [0.2, 0.25) is 10.0 Å². The molecule has 2 heterocycles. The Bertz CT molecular complexity index is 1280. The first-order chi connectivity index (χ1) is 17.5. The lowest BCUT2D eigenvalue weighted by Crippen LogP contribution is -2.45. The fourth-order valence-electron chi connectivity index (χ4n) is 5.01. The molecule has 2 aliphatic rings. The van der Waals surface area contributed by atoms with Crippen molar-refractivity contribution in [3.05, 3.63) is 75.0 Å². The Morgan fingerprint density at radius 2 is 1.75 bits per heavy atom. The second-order valence-corrected chi connectivity index (χ2v) is 10.2. The molecule has 2 aromatic carbocycles. The molecule has 1 saturated heterocycles. The average molecular weight is 525 g/mol. The van der Waals surface area contributed by atoms with Crippen LogP contribution in [0.1, 0.15) is 65.8 Å². The molecular formula is C28H30Cl2N4O2. The number of ether oxygens (including phenoxy) is 1. The smallest absolute Gasteiger partial charge is 0.286 e. The third-order valence-corrected chi connectivity index (χ3v) is 7.37. The first-order valence-corrected chi connectivity index (χ1v) is 13.3. The molecule has 0 atom stereocenters. The zero-order chi connectivity index (χ0) is 25.1. The molecule has 8 heteroatoms. The van der Waals surface area contributed by atoms with Crippen molar-refractivity contribution in [3.8, 4) is 11.4 Å². The van der Waals surface area contributed by atoms with Crippen molar-refractivity contribution >= 4 is 40.8 Å². The monoisotopic (exact) mass is 524 g/mol. The van der Waals surface area contributed by atoms with Crippen LogP contribution in [0.5, 0.6) is 5.75 Å². The second-order valence-electron chi connectivity index (χ2n) is 9.32. The van der Waals surface area contributed by atoms with Gasteiger partial charge in [0.05, 0.1) is 23.5 Å². The van der Waals surface area contributed by atoms with E-state index >= 15 is 0 Å². The lowest BCUT2D eigenvalue weighted by atomic mass is 10.0. The van der Waals surface area contributed by atoms with E-state index < -0.39 is 0 Å². The number of amides is 1. The van der Waals surface area contributed by atoms with Gasteiger partial charge in [0.15, 0.2) is 5.69 Å². The molecule has 1 amide bonds. The summed E-state index contributed by atoms with van der Waals surface area (Å²) in [5.41, 5.74) is 8.37. The molecular weight excluding hydrogens is 495 g/mol.